The Hall–Kier alpha value is -3.91. The normalized spacial score (nSPS) is 13.5. The van der Waals surface area contributed by atoms with Gasteiger partial charge in [-0.3, -0.25) is 0 Å². The molecule has 0 aliphatic carbocycles. The Balaban J connectivity index is 1.57. The van der Waals surface area contributed by atoms with Gasteiger partial charge in [-0.15, -0.1) is 0 Å². The number of ether oxygens (including phenoxy) is 4. The van der Waals surface area contributed by atoms with Gasteiger partial charge >= 0.3 is 0 Å². The van der Waals surface area contributed by atoms with E-state index in [-0.39, 0.29) is 0 Å². The second-order valence-electron chi connectivity index (χ2n) is 8.85. The summed E-state index contributed by atoms with van der Waals surface area (Å²) in [6.45, 7) is 5.73. The molecule has 38 heavy (non-hydrogen) atoms. The van der Waals surface area contributed by atoms with Crippen molar-refractivity contribution in [1.82, 2.24) is 9.97 Å². The van der Waals surface area contributed by atoms with E-state index in [4.69, 9.17) is 40.5 Å². The Morgan fingerprint density at radius 3 is 2.16 bits per heavy atom. The van der Waals surface area contributed by atoms with Crippen molar-refractivity contribution in [1.29, 1.82) is 0 Å². The summed E-state index contributed by atoms with van der Waals surface area (Å²) in [5, 5.41) is 1.65. The van der Waals surface area contributed by atoms with Crippen molar-refractivity contribution < 1.29 is 18.9 Å². The molecule has 0 saturated carbocycles. The van der Waals surface area contributed by atoms with Gasteiger partial charge in [-0.05, 0) is 49.4 Å². The van der Waals surface area contributed by atoms with Gasteiger partial charge in [0.15, 0.2) is 28.8 Å². The zero-order chi connectivity index (χ0) is 26.6. The molecule has 1 aromatic heterocycles. The van der Waals surface area contributed by atoms with Gasteiger partial charge < -0.3 is 28.7 Å². The highest BCUT2D eigenvalue weighted by atomic mass is 35.5. The predicted octanol–water partition coefficient (Wildman–Crippen LogP) is 5.70. The first-order valence-electron chi connectivity index (χ1n) is 12.5. The van der Waals surface area contributed by atoms with E-state index in [1.165, 1.54) is 0 Å². The average Bonchev–Trinajstić information content (AvgIpc) is 2.96. The van der Waals surface area contributed by atoms with Gasteiger partial charge in [0, 0.05) is 53.9 Å². The monoisotopic (exact) mass is 534 g/mol. The third-order valence-electron chi connectivity index (χ3n) is 6.66. The molecule has 1 aliphatic heterocycles. The molecule has 0 spiro atoms. The molecule has 0 bridgehead atoms. The van der Waals surface area contributed by atoms with Crippen LogP contribution in [-0.2, 0) is 0 Å². The van der Waals surface area contributed by atoms with Crippen molar-refractivity contribution in [2.24, 2.45) is 0 Å². The minimum atomic E-state index is 0.522. The van der Waals surface area contributed by atoms with Crippen molar-refractivity contribution in [3.05, 3.63) is 59.6 Å². The summed E-state index contributed by atoms with van der Waals surface area (Å²) in [6.07, 6.45) is 0. The fourth-order valence-electron chi connectivity index (χ4n) is 4.74. The molecule has 0 N–H and O–H groups in total. The molecular formula is C29H31ClN4O4. The van der Waals surface area contributed by atoms with Crippen LogP contribution in [0.2, 0.25) is 5.02 Å². The summed E-state index contributed by atoms with van der Waals surface area (Å²) in [5.41, 5.74) is 2.73. The summed E-state index contributed by atoms with van der Waals surface area (Å²) < 4.78 is 22.5. The van der Waals surface area contributed by atoms with E-state index in [9.17, 15) is 0 Å². The van der Waals surface area contributed by atoms with Crippen LogP contribution in [0.5, 0.6) is 23.0 Å². The van der Waals surface area contributed by atoms with Crippen LogP contribution in [0.1, 0.15) is 6.92 Å². The summed E-state index contributed by atoms with van der Waals surface area (Å²) in [7, 11) is 4.88. The predicted molar refractivity (Wildman–Crippen MR) is 152 cm³/mol. The Bertz CT molecular complexity index is 1440. The number of halogens is 1. The van der Waals surface area contributed by atoms with Crippen LogP contribution in [-0.4, -0.2) is 64.1 Å². The number of hydrogen-bond donors (Lipinski definition) is 0. The van der Waals surface area contributed by atoms with Crippen molar-refractivity contribution in [2.45, 2.75) is 6.92 Å². The minimum Gasteiger partial charge on any atom is -0.493 e. The third kappa shape index (κ3) is 5.09. The molecule has 198 valence electrons. The highest BCUT2D eigenvalue weighted by Gasteiger charge is 2.23. The molecule has 0 amide bonds. The maximum absolute atomic E-state index is 6.24. The molecule has 5 rings (SSSR count). The number of anilines is 2. The van der Waals surface area contributed by atoms with Crippen molar-refractivity contribution in [3.63, 3.8) is 0 Å². The maximum atomic E-state index is 6.24. The van der Waals surface area contributed by atoms with Crippen molar-refractivity contribution in [2.75, 3.05) is 63.9 Å². The first-order chi connectivity index (χ1) is 18.5. The van der Waals surface area contributed by atoms with E-state index in [2.05, 4.69) is 15.9 Å². The summed E-state index contributed by atoms with van der Waals surface area (Å²) in [5.74, 6) is 4.02. The van der Waals surface area contributed by atoms with Crippen LogP contribution in [0.25, 0.3) is 22.3 Å². The number of benzene rings is 3. The summed E-state index contributed by atoms with van der Waals surface area (Å²) in [4.78, 5) is 14.6. The number of rotatable bonds is 8. The van der Waals surface area contributed by atoms with Gasteiger partial charge in [0.05, 0.1) is 33.5 Å². The van der Waals surface area contributed by atoms with E-state index in [1.54, 1.807) is 21.3 Å². The molecule has 0 unspecified atom stereocenters. The van der Waals surface area contributed by atoms with E-state index in [0.29, 0.717) is 35.4 Å². The second kappa shape index (κ2) is 11.2. The third-order valence-corrected chi connectivity index (χ3v) is 6.89. The lowest BCUT2D eigenvalue weighted by Gasteiger charge is -2.37. The first-order valence-corrected chi connectivity index (χ1v) is 12.9. The molecular weight excluding hydrogens is 504 g/mol. The number of methoxy groups -OCH3 is 3. The topological polar surface area (TPSA) is 69.2 Å². The molecule has 2 heterocycles. The largest absolute Gasteiger partial charge is 0.493 e. The van der Waals surface area contributed by atoms with Crippen LogP contribution < -0.4 is 28.7 Å². The SMILES string of the molecule is CCOc1cc2nc(-c3ccc(OC)c(OC)c3)nc(N3CCN(c4cccc(Cl)c4)CC3)c2cc1OC. The zero-order valence-electron chi connectivity index (χ0n) is 22.0. The molecule has 3 aromatic carbocycles. The van der Waals surface area contributed by atoms with Crippen LogP contribution >= 0.6 is 11.6 Å². The molecule has 1 saturated heterocycles. The maximum Gasteiger partial charge on any atom is 0.163 e. The highest BCUT2D eigenvalue weighted by Crippen LogP contribution is 2.38. The molecule has 1 aliphatic rings. The van der Waals surface area contributed by atoms with Crippen molar-refractivity contribution in [3.8, 4) is 34.4 Å². The van der Waals surface area contributed by atoms with Crippen LogP contribution in [0.3, 0.4) is 0 Å². The van der Waals surface area contributed by atoms with Gasteiger partial charge in [0.25, 0.3) is 0 Å². The quantitative estimate of drug-likeness (QED) is 0.285. The number of hydrogen-bond acceptors (Lipinski definition) is 8. The Morgan fingerprint density at radius 2 is 1.47 bits per heavy atom. The molecule has 9 heteroatoms. The lowest BCUT2D eigenvalue weighted by molar-refractivity contribution is 0.311. The Kier molecular flexibility index (Phi) is 7.60. The summed E-state index contributed by atoms with van der Waals surface area (Å²) in [6, 6.07) is 17.6. The van der Waals surface area contributed by atoms with E-state index in [0.717, 1.165) is 59.2 Å². The van der Waals surface area contributed by atoms with Crippen LogP contribution in [0, 0.1) is 0 Å². The molecule has 4 aromatic rings. The fourth-order valence-corrected chi connectivity index (χ4v) is 4.93. The van der Waals surface area contributed by atoms with E-state index >= 15 is 0 Å². The van der Waals surface area contributed by atoms with Gasteiger partial charge in [-0.1, -0.05) is 17.7 Å². The molecule has 0 radical (unpaired) electrons. The van der Waals surface area contributed by atoms with Crippen molar-refractivity contribution >= 4 is 34.0 Å². The number of nitrogens with zero attached hydrogens (tertiary/aromatic N) is 4. The van der Waals surface area contributed by atoms with E-state index in [1.807, 2.05) is 55.5 Å². The van der Waals surface area contributed by atoms with Gasteiger partial charge in [-0.25, -0.2) is 9.97 Å². The number of aromatic nitrogens is 2. The molecule has 0 atom stereocenters. The smallest absolute Gasteiger partial charge is 0.163 e. The Morgan fingerprint density at radius 1 is 0.763 bits per heavy atom. The van der Waals surface area contributed by atoms with Gasteiger partial charge in [0.2, 0.25) is 0 Å². The number of fused-ring (bicyclic) bond motifs is 1. The summed E-state index contributed by atoms with van der Waals surface area (Å²) >= 11 is 6.24. The molecule has 8 nitrogen and oxygen atoms in total. The average molecular weight is 535 g/mol. The second-order valence-corrected chi connectivity index (χ2v) is 9.28. The van der Waals surface area contributed by atoms with E-state index < -0.39 is 0 Å². The first kappa shape index (κ1) is 25.7. The van der Waals surface area contributed by atoms with Gasteiger partial charge in [0.1, 0.15) is 5.82 Å². The highest BCUT2D eigenvalue weighted by molar-refractivity contribution is 6.30. The van der Waals surface area contributed by atoms with Crippen LogP contribution in [0.4, 0.5) is 11.5 Å². The fraction of sp³-hybridized carbons (Fsp3) is 0.310. The number of piperazine rings is 1. The zero-order valence-corrected chi connectivity index (χ0v) is 22.8. The standard InChI is InChI=1S/C29H31ClN4O4/c1-5-38-27-18-23-22(17-26(27)37-4)29(32-28(31-23)19-9-10-24(35-2)25(15-19)36-3)34-13-11-33(12-14-34)21-8-6-7-20(30)16-21/h6-10,15-18H,5,11-14H2,1-4H3. The Labute approximate surface area is 227 Å². The van der Waals surface area contributed by atoms with Gasteiger partial charge in [-0.2, -0.15) is 0 Å². The lowest BCUT2D eigenvalue weighted by Crippen LogP contribution is -2.47. The lowest BCUT2D eigenvalue weighted by atomic mass is 10.1. The minimum absolute atomic E-state index is 0.522. The van der Waals surface area contributed by atoms with Crippen LogP contribution in [0.15, 0.2) is 54.6 Å². The molecule has 1 fully saturated rings.